The molecule has 4 heteroatoms. The summed E-state index contributed by atoms with van der Waals surface area (Å²) in [5.41, 5.74) is -0.410. The largest absolute Gasteiger partial charge is 0.388 e. The molecule has 2 nitrogen and oxygen atoms in total. The van der Waals surface area contributed by atoms with E-state index in [1.807, 2.05) is 6.92 Å². The molecule has 2 N–H and O–H groups in total. The van der Waals surface area contributed by atoms with Crippen LogP contribution < -0.4 is 5.32 Å². The fraction of sp³-hybridized carbons (Fsp3) is 0.455. The first-order valence-electron chi connectivity index (χ1n) is 4.86. The predicted molar refractivity (Wildman–Crippen MR) is 63.5 cm³/mol. The summed E-state index contributed by atoms with van der Waals surface area (Å²) in [6.07, 6.45) is 0.621. The van der Waals surface area contributed by atoms with Crippen LogP contribution in [-0.2, 0) is 0 Å². The van der Waals surface area contributed by atoms with Gasteiger partial charge in [0, 0.05) is 11.0 Å². The summed E-state index contributed by atoms with van der Waals surface area (Å²) in [7, 11) is 0. The lowest BCUT2D eigenvalue weighted by atomic mass is 10.0. The molecule has 0 aromatic heterocycles. The van der Waals surface area contributed by atoms with Gasteiger partial charge in [0.15, 0.2) is 0 Å². The summed E-state index contributed by atoms with van der Waals surface area (Å²) in [6, 6.07) is 4.67. The summed E-state index contributed by atoms with van der Waals surface area (Å²) >= 11 is 3.26. The van der Waals surface area contributed by atoms with Gasteiger partial charge in [0.1, 0.15) is 5.82 Å². The van der Waals surface area contributed by atoms with Gasteiger partial charge in [-0.1, -0.05) is 22.9 Å². The SMILES string of the molecule is CCC(C)(O)CNc1cc(Br)ccc1F. The van der Waals surface area contributed by atoms with Crippen molar-refractivity contribution in [2.45, 2.75) is 25.9 Å². The molecule has 0 aliphatic heterocycles. The van der Waals surface area contributed by atoms with Crippen LogP contribution in [0.3, 0.4) is 0 Å². The van der Waals surface area contributed by atoms with Crippen LogP contribution in [-0.4, -0.2) is 17.3 Å². The highest BCUT2D eigenvalue weighted by atomic mass is 79.9. The highest BCUT2D eigenvalue weighted by molar-refractivity contribution is 9.10. The number of aliphatic hydroxyl groups is 1. The molecular formula is C11H15BrFNO. The van der Waals surface area contributed by atoms with Crippen LogP contribution in [0.1, 0.15) is 20.3 Å². The number of hydrogen-bond donors (Lipinski definition) is 2. The standard InChI is InChI=1S/C11H15BrFNO/c1-3-11(2,15)7-14-10-6-8(12)4-5-9(10)13/h4-6,14-15H,3,7H2,1-2H3. The van der Waals surface area contributed by atoms with E-state index in [0.29, 0.717) is 18.7 Å². The number of anilines is 1. The topological polar surface area (TPSA) is 32.3 Å². The van der Waals surface area contributed by atoms with Crippen molar-refractivity contribution in [1.82, 2.24) is 0 Å². The molecule has 84 valence electrons. The van der Waals surface area contributed by atoms with Gasteiger partial charge in [-0.2, -0.15) is 0 Å². The molecule has 0 amide bonds. The summed E-state index contributed by atoms with van der Waals surface area (Å²) in [5.74, 6) is -0.315. The Bertz CT molecular complexity index is 341. The van der Waals surface area contributed by atoms with Gasteiger partial charge >= 0.3 is 0 Å². The molecule has 0 heterocycles. The molecule has 1 aromatic carbocycles. The highest BCUT2D eigenvalue weighted by Gasteiger charge is 2.17. The molecule has 0 saturated heterocycles. The fourth-order valence-electron chi connectivity index (χ4n) is 1.04. The van der Waals surface area contributed by atoms with Crippen molar-refractivity contribution in [1.29, 1.82) is 0 Å². The van der Waals surface area contributed by atoms with E-state index in [-0.39, 0.29) is 5.82 Å². The third-order valence-electron chi connectivity index (χ3n) is 2.35. The van der Waals surface area contributed by atoms with Gasteiger partial charge in [0.05, 0.1) is 11.3 Å². The minimum absolute atomic E-state index is 0.315. The zero-order chi connectivity index (χ0) is 11.5. The Morgan fingerprint density at radius 3 is 2.80 bits per heavy atom. The van der Waals surface area contributed by atoms with Gasteiger partial charge in [-0.25, -0.2) is 4.39 Å². The van der Waals surface area contributed by atoms with Gasteiger partial charge < -0.3 is 10.4 Å². The Morgan fingerprint density at radius 1 is 1.53 bits per heavy atom. The first-order chi connectivity index (χ1) is 6.94. The normalized spacial score (nSPS) is 14.7. The maximum atomic E-state index is 13.3. The number of nitrogens with one attached hydrogen (secondary N) is 1. The molecule has 1 unspecified atom stereocenters. The van der Waals surface area contributed by atoms with Crippen LogP contribution in [0.15, 0.2) is 22.7 Å². The smallest absolute Gasteiger partial charge is 0.146 e. The average molecular weight is 276 g/mol. The first-order valence-corrected chi connectivity index (χ1v) is 5.65. The van der Waals surface area contributed by atoms with Gasteiger partial charge in [-0.05, 0) is 31.5 Å². The van der Waals surface area contributed by atoms with E-state index in [1.165, 1.54) is 6.07 Å². The molecule has 0 bridgehead atoms. The maximum absolute atomic E-state index is 13.3. The van der Waals surface area contributed by atoms with Crippen molar-refractivity contribution in [2.24, 2.45) is 0 Å². The van der Waals surface area contributed by atoms with E-state index in [9.17, 15) is 9.50 Å². The second kappa shape index (κ2) is 4.94. The zero-order valence-corrected chi connectivity index (χ0v) is 10.4. The average Bonchev–Trinajstić information content (AvgIpc) is 2.20. The number of rotatable bonds is 4. The Hall–Kier alpha value is -0.610. The van der Waals surface area contributed by atoms with Crippen molar-refractivity contribution in [3.8, 4) is 0 Å². The lowest BCUT2D eigenvalue weighted by Crippen LogP contribution is -2.32. The van der Waals surface area contributed by atoms with E-state index >= 15 is 0 Å². The van der Waals surface area contributed by atoms with E-state index in [1.54, 1.807) is 19.1 Å². The molecule has 0 radical (unpaired) electrons. The third kappa shape index (κ3) is 3.80. The van der Waals surface area contributed by atoms with Crippen LogP contribution >= 0.6 is 15.9 Å². The summed E-state index contributed by atoms with van der Waals surface area (Å²) in [5, 5.41) is 12.6. The lowest BCUT2D eigenvalue weighted by molar-refractivity contribution is 0.0697. The minimum atomic E-state index is -0.811. The molecule has 0 spiro atoms. The molecule has 0 aliphatic carbocycles. The molecule has 15 heavy (non-hydrogen) atoms. The van der Waals surface area contributed by atoms with Crippen LogP contribution in [0.2, 0.25) is 0 Å². The number of hydrogen-bond acceptors (Lipinski definition) is 2. The quantitative estimate of drug-likeness (QED) is 0.885. The Morgan fingerprint density at radius 2 is 2.20 bits per heavy atom. The minimum Gasteiger partial charge on any atom is -0.388 e. The molecule has 0 fully saturated rings. The Balaban J connectivity index is 2.69. The summed E-state index contributed by atoms with van der Waals surface area (Å²) in [4.78, 5) is 0. The van der Waals surface area contributed by atoms with Gasteiger partial charge in [0.25, 0.3) is 0 Å². The van der Waals surface area contributed by atoms with Crippen molar-refractivity contribution in [2.75, 3.05) is 11.9 Å². The molecule has 0 aliphatic rings. The second-order valence-electron chi connectivity index (χ2n) is 3.83. The number of halogens is 2. The van der Waals surface area contributed by atoms with E-state index in [4.69, 9.17) is 0 Å². The highest BCUT2D eigenvalue weighted by Crippen LogP contribution is 2.21. The Kier molecular flexibility index (Phi) is 4.11. The summed E-state index contributed by atoms with van der Waals surface area (Å²) in [6.45, 7) is 3.94. The molecule has 1 atom stereocenters. The fourth-order valence-corrected chi connectivity index (χ4v) is 1.40. The monoisotopic (exact) mass is 275 g/mol. The van der Waals surface area contributed by atoms with Crippen LogP contribution in [0.25, 0.3) is 0 Å². The molecule has 1 rings (SSSR count). The van der Waals surface area contributed by atoms with Crippen LogP contribution in [0, 0.1) is 5.82 Å². The van der Waals surface area contributed by atoms with E-state index in [0.717, 1.165) is 4.47 Å². The third-order valence-corrected chi connectivity index (χ3v) is 2.84. The van der Waals surface area contributed by atoms with Crippen molar-refractivity contribution in [3.05, 3.63) is 28.5 Å². The van der Waals surface area contributed by atoms with E-state index < -0.39 is 5.60 Å². The van der Waals surface area contributed by atoms with Crippen molar-refractivity contribution >= 4 is 21.6 Å². The van der Waals surface area contributed by atoms with Crippen molar-refractivity contribution in [3.63, 3.8) is 0 Å². The maximum Gasteiger partial charge on any atom is 0.146 e. The van der Waals surface area contributed by atoms with Crippen LogP contribution in [0.5, 0.6) is 0 Å². The molecule has 1 aromatic rings. The van der Waals surface area contributed by atoms with Crippen LogP contribution in [0.4, 0.5) is 10.1 Å². The summed E-state index contributed by atoms with van der Waals surface area (Å²) < 4.78 is 14.1. The van der Waals surface area contributed by atoms with Gasteiger partial charge in [-0.3, -0.25) is 0 Å². The molecular weight excluding hydrogens is 261 g/mol. The lowest BCUT2D eigenvalue weighted by Gasteiger charge is -2.22. The zero-order valence-electron chi connectivity index (χ0n) is 8.85. The Labute approximate surface area is 97.6 Å². The van der Waals surface area contributed by atoms with Gasteiger partial charge in [-0.15, -0.1) is 0 Å². The van der Waals surface area contributed by atoms with Gasteiger partial charge in [0.2, 0.25) is 0 Å². The van der Waals surface area contributed by atoms with E-state index in [2.05, 4.69) is 21.2 Å². The molecule has 0 saturated carbocycles. The van der Waals surface area contributed by atoms with Crippen molar-refractivity contribution < 1.29 is 9.50 Å². The second-order valence-corrected chi connectivity index (χ2v) is 4.74. The first kappa shape index (κ1) is 12.5. The number of benzene rings is 1. The predicted octanol–water partition coefficient (Wildman–Crippen LogP) is 3.16.